The van der Waals surface area contributed by atoms with Gasteiger partial charge in [0.1, 0.15) is 5.75 Å². The molecule has 0 spiro atoms. The lowest BCUT2D eigenvalue weighted by molar-refractivity contribution is 0.288. The maximum absolute atomic E-state index is 6.37. The predicted octanol–water partition coefficient (Wildman–Crippen LogP) is 4.48. The predicted molar refractivity (Wildman–Crippen MR) is 85.4 cm³/mol. The first-order valence-corrected chi connectivity index (χ1v) is 7.79. The van der Waals surface area contributed by atoms with Crippen LogP contribution in [0, 0.1) is 0 Å². The zero-order valence-corrected chi connectivity index (χ0v) is 13.2. The molecule has 0 aliphatic carbocycles. The van der Waals surface area contributed by atoms with E-state index in [-0.39, 0.29) is 6.04 Å². The molecule has 1 unspecified atom stereocenters. The van der Waals surface area contributed by atoms with Gasteiger partial charge in [-0.2, -0.15) is 0 Å². The number of ether oxygens (including phenoxy) is 1. The Kier molecular flexibility index (Phi) is 4.01. The van der Waals surface area contributed by atoms with Crippen LogP contribution in [0.2, 0.25) is 5.02 Å². The van der Waals surface area contributed by atoms with Crippen molar-refractivity contribution in [3.05, 3.63) is 62.6 Å². The van der Waals surface area contributed by atoms with Crippen LogP contribution in [0.1, 0.15) is 29.2 Å². The van der Waals surface area contributed by atoms with Gasteiger partial charge >= 0.3 is 0 Å². The number of benzene rings is 2. The molecule has 2 aromatic rings. The van der Waals surface area contributed by atoms with E-state index in [1.165, 1.54) is 5.56 Å². The summed E-state index contributed by atoms with van der Waals surface area (Å²) in [6, 6.07) is 11.8. The van der Waals surface area contributed by atoms with Crippen molar-refractivity contribution in [2.45, 2.75) is 18.9 Å². The van der Waals surface area contributed by atoms with Crippen LogP contribution in [0.25, 0.3) is 0 Å². The first-order valence-electron chi connectivity index (χ1n) is 6.62. The van der Waals surface area contributed by atoms with E-state index in [1.807, 2.05) is 30.3 Å². The van der Waals surface area contributed by atoms with Gasteiger partial charge in [-0.05, 0) is 57.6 Å². The second-order valence-electron chi connectivity index (χ2n) is 4.94. The number of fused-ring (bicyclic) bond motifs is 1. The van der Waals surface area contributed by atoms with Crippen molar-refractivity contribution in [1.29, 1.82) is 0 Å². The van der Waals surface area contributed by atoms with Crippen molar-refractivity contribution in [2.75, 3.05) is 6.61 Å². The van der Waals surface area contributed by atoms with Crippen LogP contribution >= 0.6 is 27.5 Å². The van der Waals surface area contributed by atoms with Crippen molar-refractivity contribution >= 4 is 27.5 Å². The highest BCUT2D eigenvalue weighted by atomic mass is 79.9. The van der Waals surface area contributed by atoms with Crippen molar-refractivity contribution in [3.63, 3.8) is 0 Å². The normalized spacial score (nSPS) is 15.3. The summed E-state index contributed by atoms with van der Waals surface area (Å²) in [4.78, 5) is 0. The van der Waals surface area contributed by atoms with Crippen LogP contribution in [-0.2, 0) is 6.42 Å². The van der Waals surface area contributed by atoms with E-state index in [1.54, 1.807) is 0 Å². The summed E-state index contributed by atoms with van der Waals surface area (Å²) >= 11 is 9.77. The summed E-state index contributed by atoms with van der Waals surface area (Å²) in [7, 11) is 0. The van der Waals surface area contributed by atoms with Crippen molar-refractivity contribution in [1.82, 2.24) is 0 Å². The zero-order valence-electron chi connectivity index (χ0n) is 10.9. The Morgan fingerprint density at radius 1 is 1.25 bits per heavy atom. The second kappa shape index (κ2) is 5.76. The average molecular weight is 353 g/mol. The van der Waals surface area contributed by atoms with Gasteiger partial charge in [0.25, 0.3) is 0 Å². The van der Waals surface area contributed by atoms with Gasteiger partial charge in [0.15, 0.2) is 0 Å². The maximum Gasteiger partial charge on any atom is 0.122 e. The Balaban J connectivity index is 1.98. The summed E-state index contributed by atoms with van der Waals surface area (Å²) in [6.45, 7) is 0.801. The number of hydrogen-bond donors (Lipinski definition) is 1. The van der Waals surface area contributed by atoms with E-state index >= 15 is 0 Å². The molecule has 0 saturated heterocycles. The summed E-state index contributed by atoms with van der Waals surface area (Å²) in [5, 5.41) is 0.675. The Morgan fingerprint density at radius 2 is 2.10 bits per heavy atom. The molecule has 2 N–H and O–H groups in total. The highest BCUT2D eigenvalue weighted by Gasteiger charge is 2.17. The van der Waals surface area contributed by atoms with Crippen LogP contribution in [0.5, 0.6) is 5.75 Å². The molecule has 0 saturated carbocycles. The van der Waals surface area contributed by atoms with Gasteiger partial charge in [-0.25, -0.2) is 0 Å². The molecule has 0 bridgehead atoms. The van der Waals surface area contributed by atoms with Gasteiger partial charge in [-0.3, -0.25) is 0 Å². The highest BCUT2D eigenvalue weighted by molar-refractivity contribution is 9.10. The molecule has 0 aromatic heterocycles. The molecule has 104 valence electrons. The number of nitrogens with two attached hydrogens (primary N) is 1. The fraction of sp³-hybridized carbons (Fsp3) is 0.250. The van der Waals surface area contributed by atoms with Crippen LogP contribution in [0.3, 0.4) is 0 Å². The number of halogens is 2. The van der Waals surface area contributed by atoms with Crippen LogP contribution in [-0.4, -0.2) is 6.61 Å². The van der Waals surface area contributed by atoms with Crippen LogP contribution in [0.4, 0.5) is 0 Å². The smallest absolute Gasteiger partial charge is 0.122 e. The number of rotatable bonds is 2. The molecule has 2 nitrogen and oxygen atoms in total. The fourth-order valence-electron chi connectivity index (χ4n) is 2.51. The highest BCUT2D eigenvalue weighted by Crippen LogP contribution is 2.34. The van der Waals surface area contributed by atoms with E-state index in [9.17, 15) is 0 Å². The summed E-state index contributed by atoms with van der Waals surface area (Å²) in [6.07, 6.45) is 2.10. The molecule has 1 heterocycles. The molecule has 1 atom stereocenters. The Bertz CT molecular complexity index is 644. The third kappa shape index (κ3) is 2.58. The van der Waals surface area contributed by atoms with E-state index in [4.69, 9.17) is 22.1 Å². The quantitative estimate of drug-likeness (QED) is 0.865. The lowest BCUT2D eigenvalue weighted by Gasteiger charge is -2.20. The van der Waals surface area contributed by atoms with Gasteiger partial charge in [0.2, 0.25) is 0 Å². The third-order valence-corrected chi connectivity index (χ3v) is 4.92. The van der Waals surface area contributed by atoms with Crippen LogP contribution < -0.4 is 10.5 Å². The molecule has 20 heavy (non-hydrogen) atoms. The summed E-state index contributed by atoms with van der Waals surface area (Å²) < 4.78 is 6.50. The van der Waals surface area contributed by atoms with Gasteiger partial charge in [0, 0.05) is 4.47 Å². The molecule has 0 fully saturated rings. The molecule has 1 aliphatic rings. The molecular formula is C16H15BrClNO. The molecule has 0 radical (unpaired) electrons. The maximum atomic E-state index is 6.37. The van der Waals surface area contributed by atoms with E-state index in [2.05, 4.69) is 22.0 Å². The van der Waals surface area contributed by atoms with E-state index in [0.29, 0.717) is 5.02 Å². The minimum Gasteiger partial charge on any atom is -0.493 e. The van der Waals surface area contributed by atoms with Gasteiger partial charge in [-0.15, -0.1) is 0 Å². The summed E-state index contributed by atoms with van der Waals surface area (Å²) in [5.41, 5.74) is 9.60. The van der Waals surface area contributed by atoms with Gasteiger partial charge in [-0.1, -0.05) is 35.9 Å². The van der Waals surface area contributed by atoms with Crippen LogP contribution in [0.15, 0.2) is 40.9 Å². The third-order valence-electron chi connectivity index (χ3n) is 3.61. The van der Waals surface area contributed by atoms with Crippen molar-refractivity contribution in [2.24, 2.45) is 5.73 Å². The lowest BCUT2D eigenvalue weighted by atomic mass is 9.95. The molecular weight excluding hydrogens is 338 g/mol. The van der Waals surface area contributed by atoms with E-state index in [0.717, 1.165) is 40.8 Å². The zero-order chi connectivity index (χ0) is 14.1. The summed E-state index contributed by atoms with van der Waals surface area (Å²) in [5.74, 6) is 0.979. The fourth-order valence-corrected chi connectivity index (χ4v) is 3.14. The average Bonchev–Trinajstić information content (AvgIpc) is 2.49. The standard InChI is InChI=1S/C16H15BrClNO/c17-13-5-1-4-12(15(13)18)16(19)11-6-7-14-10(9-11)3-2-8-20-14/h1,4-7,9,16H,2-3,8,19H2. The number of hydrogen-bond acceptors (Lipinski definition) is 2. The molecule has 3 rings (SSSR count). The molecule has 0 amide bonds. The second-order valence-corrected chi connectivity index (χ2v) is 6.17. The monoisotopic (exact) mass is 351 g/mol. The Labute approximate surface area is 132 Å². The van der Waals surface area contributed by atoms with Gasteiger partial charge < -0.3 is 10.5 Å². The van der Waals surface area contributed by atoms with Crippen molar-refractivity contribution in [3.8, 4) is 5.75 Å². The topological polar surface area (TPSA) is 35.2 Å². The Hall–Kier alpha value is -1.03. The Morgan fingerprint density at radius 3 is 2.95 bits per heavy atom. The van der Waals surface area contributed by atoms with Gasteiger partial charge in [0.05, 0.1) is 17.7 Å². The minimum atomic E-state index is -0.229. The minimum absolute atomic E-state index is 0.229. The lowest BCUT2D eigenvalue weighted by Crippen LogP contribution is -2.14. The molecule has 2 aromatic carbocycles. The first kappa shape index (κ1) is 13.9. The molecule has 1 aliphatic heterocycles. The van der Waals surface area contributed by atoms with E-state index < -0.39 is 0 Å². The number of aryl methyl sites for hydroxylation is 1. The SMILES string of the molecule is NC(c1ccc2c(c1)CCCO2)c1cccc(Br)c1Cl. The largest absolute Gasteiger partial charge is 0.493 e. The molecule has 4 heteroatoms. The van der Waals surface area contributed by atoms with Crippen molar-refractivity contribution < 1.29 is 4.74 Å². The first-order chi connectivity index (χ1) is 9.66.